The van der Waals surface area contributed by atoms with Crippen molar-refractivity contribution in [1.29, 1.82) is 0 Å². The number of aromatic nitrogens is 1. The van der Waals surface area contributed by atoms with Crippen LogP contribution in [0.5, 0.6) is 0 Å². The minimum Gasteiger partial charge on any atom is -0.297 e. The Hall–Kier alpha value is -1.90. The number of hydrogen-bond acceptors (Lipinski definition) is 4. The summed E-state index contributed by atoms with van der Waals surface area (Å²) in [6.45, 7) is 0. The molecule has 0 aliphatic rings. The predicted octanol–water partition coefficient (Wildman–Crippen LogP) is 2.14. The van der Waals surface area contributed by atoms with Gasteiger partial charge in [-0.1, -0.05) is 11.6 Å². The molecule has 0 saturated heterocycles. The summed E-state index contributed by atoms with van der Waals surface area (Å²) >= 11 is 5.41. The Kier molecular flexibility index (Phi) is 3.51. The zero-order valence-corrected chi connectivity index (χ0v) is 8.54. The summed E-state index contributed by atoms with van der Waals surface area (Å²) in [6, 6.07) is 1.02. The molecular formula is C7H3ClF3N3O3. The summed E-state index contributed by atoms with van der Waals surface area (Å²) in [5.74, 6) is -3.22. The number of alkyl halides is 3. The maximum Gasteiger partial charge on any atom is 0.471 e. The van der Waals surface area contributed by atoms with E-state index in [1.807, 2.05) is 0 Å². The van der Waals surface area contributed by atoms with Gasteiger partial charge in [0, 0.05) is 6.20 Å². The van der Waals surface area contributed by atoms with Crippen molar-refractivity contribution in [2.75, 3.05) is 5.32 Å². The highest BCUT2D eigenvalue weighted by molar-refractivity contribution is 6.33. The molecule has 0 saturated carbocycles. The van der Waals surface area contributed by atoms with E-state index in [4.69, 9.17) is 11.6 Å². The molecule has 10 heteroatoms. The number of nitrogens with zero attached hydrogens (tertiary/aromatic N) is 2. The molecule has 1 aromatic rings. The van der Waals surface area contributed by atoms with Crippen LogP contribution in [0.1, 0.15) is 0 Å². The fourth-order valence-corrected chi connectivity index (χ4v) is 1.09. The molecule has 0 bridgehead atoms. The largest absolute Gasteiger partial charge is 0.471 e. The molecule has 0 aromatic carbocycles. The first kappa shape index (κ1) is 13.2. The summed E-state index contributed by atoms with van der Waals surface area (Å²) in [5.41, 5.74) is -0.897. The first-order chi connectivity index (χ1) is 7.73. The van der Waals surface area contributed by atoms with Crippen molar-refractivity contribution in [3.8, 4) is 0 Å². The summed E-state index contributed by atoms with van der Waals surface area (Å²) in [6.07, 6.45) is -4.24. The minimum absolute atomic E-state index is 0.428. The topological polar surface area (TPSA) is 85.1 Å². The third-order valence-corrected chi connectivity index (χ3v) is 1.85. The lowest BCUT2D eigenvalue weighted by Gasteiger charge is -2.07. The van der Waals surface area contributed by atoms with Crippen LogP contribution >= 0.6 is 11.6 Å². The third kappa shape index (κ3) is 3.03. The normalized spacial score (nSPS) is 11.1. The van der Waals surface area contributed by atoms with E-state index in [1.165, 1.54) is 5.32 Å². The molecule has 0 fully saturated rings. The van der Waals surface area contributed by atoms with Crippen LogP contribution in [0.15, 0.2) is 12.3 Å². The van der Waals surface area contributed by atoms with Crippen LogP contribution in [0.4, 0.5) is 24.7 Å². The lowest BCUT2D eigenvalue weighted by atomic mass is 10.4. The van der Waals surface area contributed by atoms with Crippen molar-refractivity contribution in [2.45, 2.75) is 6.18 Å². The Balaban J connectivity index is 3.12. The molecule has 17 heavy (non-hydrogen) atoms. The van der Waals surface area contributed by atoms with Gasteiger partial charge in [0.1, 0.15) is 5.02 Å². The molecule has 0 atom stereocenters. The fourth-order valence-electron chi connectivity index (χ4n) is 0.874. The van der Waals surface area contributed by atoms with Gasteiger partial charge in [0.15, 0.2) is 0 Å². The average Bonchev–Trinajstić information content (AvgIpc) is 2.15. The van der Waals surface area contributed by atoms with E-state index in [0.29, 0.717) is 0 Å². The molecule has 1 amide bonds. The highest BCUT2D eigenvalue weighted by atomic mass is 35.5. The second-order valence-electron chi connectivity index (χ2n) is 2.70. The van der Waals surface area contributed by atoms with Crippen LogP contribution < -0.4 is 5.32 Å². The van der Waals surface area contributed by atoms with Gasteiger partial charge in [-0.25, -0.2) is 4.98 Å². The number of rotatable bonds is 2. The highest BCUT2D eigenvalue weighted by Crippen LogP contribution is 2.31. The molecular weight excluding hydrogens is 267 g/mol. The molecule has 1 heterocycles. The fraction of sp³-hybridized carbons (Fsp3) is 0.143. The van der Waals surface area contributed by atoms with E-state index in [9.17, 15) is 28.1 Å². The number of hydrogen-bond donors (Lipinski definition) is 1. The Morgan fingerprint density at radius 1 is 1.53 bits per heavy atom. The molecule has 1 rings (SSSR count). The molecule has 6 nitrogen and oxygen atoms in total. The number of amides is 1. The number of carbonyl (C=O) groups excluding carboxylic acids is 1. The second-order valence-corrected chi connectivity index (χ2v) is 3.11. The van der Waals surface area contributed by atoms with E-state index in [2.05, 4.69) is 4.98 Å². The van der Waals surface area contributed by atoms with Gasteiger partial charge >= 0.3 is 17.8 Å². The van der Waals surface area contributed by atoms with E-state index in [0.717, 1.165) is 12.3 Å². The van der Waals surface area contributed by atoms with E-state index in [-0.39, 0.29) is 0 Å². The van der Waals surface area contributed by atoms with E-state index < -0.39 is 33.5 Å². The second kappa shape index (κ2) is 4.53. The molecule has 1 N–H and O–H groups in total. The quantitative estimate of drug-likeness (QED) is 0.658. The van der Waals surface area contributed by atoms with Crippen molar-refractivity contribution in [3.05, 3.63) is 27.4 Å². The number of nitrogens with one attached hydrogen (secondary N) is 1. The summed E-state index contributed by atoms with van der Waals surface area (Å²) < 4.78 is 35.8. The lowest BCUT2D eigenvalue weighted by molar-refractivity contribution is -0.384. The van der Waals surface area contributed by atoms with Crippen LogP contribution in [-0.2, 0) is 4.79 Å². The van der Waals surface area contributed by atoms with Crippen molar-refractivity contribution < 1.29 is 22.9 Å². The number of pyridine rings is 1. The first-order valence-corrected chi connectivity index (χ1v) is 4.28. The molecule has 0 aliphatic heterocycles. The maximum absolute atomic E-state index is 11.9. The van der Waals surface area contributed by atoms with Crippen LogP contribution in [0.3, 0.4) is 0 Å². The zero-order valence-electron chi connectivity index (χ0n) is 7.79. The Bertz CT molecular complexity index is 477. The Labute approximate surface area is 96.5 Å². The van der Waals surface area contributed by atoms with Crippen LogP contribution in [0.2, 0.25) is 5.02 Å². The van der Waals surface area contributed by atoms with Gasteiger partial charge in [0.2, 0.25) is 5.82 Å². The third-order valence-electron chi connectivity index (χ3n) is 1.55. The Morgan fingerprint density at radius 3 is 2.59 bits per heavy atom. The summed E-state index contributed by atoms with van der Waals surface area (Å²) in [7, 11) is 0. The van der Waals surface area contributed by atoms with Gasteiger partial charge < -0.3 is 0 Å². The number of anilines is 1. The first-order valence-electron chi connectivity index (χ1n) is 3.90. The highest BCUT2D eigenvalue weighted by Gasteiger charge is 2.40. The van der Waals surface area contributed by atoms with Gasteiger partial charge in [0.25, 0.3) is 0 Å². The number of nitro groups is 1. The molecule has 0 spiro atoms. The average molecular weight is 270 g/mol. The number of carbonyl (C=O) groups is 1. The van der Waals surface area contributed by atoms with Crippen molar-refractivity contribution >= 4 is 29.0 Å². The van der Waals surface area contributed by atoms with Gasteiger partial charge in [-0.3, -0.25) is 20.2 Å². The summed E-state index contributed by atoms with van der Waals surface area (Å²) in [5, 5.41) is 11.4. The van der Waals surface area contributed by atoms with Crippen LogP contribution in [0.25, 0.3) is 0 Å². The van der Waals surface area contributed by atoms with Crippen molar-refractivity contribution in [3.63, 3.8) is 0 Å². The monoisotopic (exact) mass is 269 g/mol. The number of halogens is 4. The van der Waals surface area contributed by atoms with E-state index >= 15 is 0 Å². The molecule has 0 radical (unpaired) electrons. The zero-order chi connectivity index (χ0) is 13.2. The minimum atomic E-state index is -5.17. The molecule has 92 valence electrons. The van der Waals surface area contributed by atoms with Crippen molar-refractivity contribution in [2.24, 2.45) is 0 Å². The lowest BCUT2D eigenvalue weighted by Crippen LogP contribution is -2.30. The Morgan fingerprint density at radius 2 is 2.12 bits per heavy atom. The van der Waals surface area contributed by atoms with Crippen molar-refractivity contribution in [1.82, 2.24) is 4.98 Å². The molecule has 1 aromatic heterocycles. The maximum atomic E-state index is 11.9. The van der Waals surface area contributed by atoms with E-state index in [1.54, 1.807) is 0 Å². The molecule has 0 aliphatic carbocycles. The molecule has 0 unspecified atom stereocenters. The SMILES string of the molecule is O=C(Nc1nccc(Cl)c1[N+](=O)[O-])C(F)(F)F. The predicted molar refractivity (Wildman–Crippen MR) is 50.6 cm³/mol. The van der Waals surface area contributed by atoms with Crippen LogP contribution in [0, 0.1) is 10.1 Å². The smallest absolute Gasteiger partial charge is 0.297 e. The van der Waals surface area contributed by atoms with Gasteiger partial charge in [-0.15, -0.1) is 0 Å². The van der Waals surface area contributed by atoms with Gasteiger partial charge in [0.05, 0.1) is 4.92 Å². The van der Waals surface area contributed by atoms with Gasteiger partial charge in [-0.05, 0) is 6.07 Å². The van der Waals surface area contributed by atoms with Crippen LogP contribution in [-0.4, -0.2) is 22.0 Å². The standard InChI is InChI=1S/C7H3ClF3N3O3/c8-3-1-2-12-5(4(3)14(16)17)13-6(15)7(9,10)11/h1-2H,(H,12,13,15). The van der Waals surface area contributed by atoms with Gasteiger partial charge in [-0.2, -0.15) is 13.2 Å². The summed E-state index contributed by atoms with van der Waals surface area (Å²) in [4.78, 5) is 23.3.